The van der Waals surface area contributed by atoms with E-state index in [4.69, 9.17) is 0 Å². The molecular formula is C32H10Br2F12S2. The summed E-state index contributed by atoms with van der Waals surface area (Å²) in [5.74, 6) is 0. The van der Waals surface area contributed by atoms with E-state index in [0.717, 1.165) is 22.7 Å². The SMILES string of the molecule is FC(F)(F)c1cc(C2=c3sc(Br)cc3=c3cc4c(cc32)=c2cc(Br)sc2=C4c2cc(C(F)(F)F)cc(C(F)(F)F)c2)cc(C(F)(F)F)c1. The van der Waals surface area contributed by atoms with Crippen LogP contribution in [0.25, 0.3) is 11.1 Å². The second-order valence-electron chi connectivity index (χ2n) is 10.9. The molecule has 5 aromatic rings. The molecule has 48 heavy (non-hydrogen) atoms. The normalized spacial score (nSPS) is 14.4. The monoisotopic (exact) mass is 844 g/mol. The van der Waals surface area contributed by atoms with Crippen molar-refractivity contribution in [1.29, 1.82) is 0 Å². The van der Waals surface area contributed by atoms with E-state index in [1.807, 2.05) is 0 Å². The molecule has 0 nitrogen and oxygen atoms in total. The molecule has 0 N–H and O–H groups in total. The third-order valence-electron chi connectivity index (χ3n) is 7.89. The highest BCUT2D eigenvalue weighted by molar-refractivity contribution is 9.11. The maximum absolute atomic E-state index is 13.8. The van der Waals surface area contributed by atoms with Gasteiger partial charge in [-0.05, 0) is 125 Å². The van der Waals surface area contributed by atoms with Gasteiger partial charge in [0.15, 0.2) is 0 Å². The van der Waals surface area contributed by atoms with Crippen LogP contribution in [0.5, 0.6) is 0 Å². The third-order valence-corrected chi connectivity index (χ3v) is 11.2. The average Bonchev–Trinajstić information content (AvgIpc) is 3.67. The highest BCUT2D eigenvalue weighted by atomic mass is 79.9. The molecule has 248 valence electrons. The zero-order valence-corrected chi connectivity index (χ0v) is 27.7. The number of hydrogen-bond acceptors (Lipinski definition) is 2. The van der Waals surface area contributed by atoms with E-state index in [9.17, 15) is 52.7 Å². The lowest BCUT2D eigenvalue weighted by Gasteiger charge is -2.17. The minimum absolute atomic E-state index is 0.0224. The number of rotatable bonds is 2. The van der Waals surface area contributed by atoms with Crippen molar-refractivity contribution in [2.45, 2.75) is 24.7 Å². The fourth-order valence-corrected chi connectivity index (χ4v) is 9.36. The van der Waals surface area contributed by atoms with Crippen molar-refractivity contribution in [3.8, 4) is 0 Å². The minimum atomic E-state index is -5.11. The van der Waals surface area contributed by atoms with Gasteiger partial charge in [0.25, 0.3) is 0 Å². The quantitative estimate of drug-likeness (QED) is 0.152. The summed E-state index contributed by atoms with van der Waals surface area (Å²) in [5, 5.41) is 1.51. The summed E-state index contributed by atoms with van der Waals surface area (Å²) in [6, 6.07) is 8.75. The summed E-state index contributed by atoms with van der Waals surface area (Å²) >= 11 is 8.73. The molecule has 2 aromatic heterocycles. The Kier molecular flexibility index (Phi) is 7.46. The molecule has 0 amide bonds. The third kappa shape index (κ3) is 5.52. The van der Waals surface area contributed by atoms with Crippen LogP contribution in [0.15, 0.2) is 68.2 Å². The summed E-state index contributed by atoms with van der Waals surface area (Å²) in [7, 11) is 0. The van der Waals surface area contributed by atoms with Gasteiger partial charge in [-0.1, -0.05) is 0 Å². The molecular weight excluding hydrogens is 836 g/mol. The maximum Gasteiger partial charge on any atom is 0.416 e. The number of halogens is 14. The van der Waals surface area contributed by atoms with E-state index >= 15 is 0 Å². The number of benzene rings is 3. The van der Waals surface area contributed by atoms with Crippen LogP contribution in [0.1, 0.15) is 44.5 Å². The fraction of sp³-hybridized carbons (Fsp3) is 0.125. The summed E-state index contributed by atoms with van der Waals surface area (Å²) < 4.78 is 168. The van der Waals surface area contributed by atoms with Gasteiger partial charge < -0.3 is 0 Å². The molecule has 0 spiro atoms. The Hall–Kier alpha value is -3.08. The van der Waals surface area contributed by atoms with Crippen molar-refractivity contribution >= 4 is 65.7 Å². The molecule has 0 saturated heterocycles. The molecule has 2 heterocycles. The Morgan fingerprint density at radius 3 is 0.938 bits per heavy atom. The van der Waals surface area contributed by atoms with Gasteiger partial charge in [-0.2, -0.15) is 52.7 Å². The molecule has 3 aromatic carbocycles. The van der Waals surface area contributed by atoms with E-state index in [2.05, 4.69) is 31.9 Å². The van der Waals surface area contributed by atoms with Crippen molar-refractivity contribution in [3.05, 3.63) is 143 Å². The van der Waals surface area contributed by atoms with E-state index in [0.29, 0.717) is 61.8 Å². The smallest absolute Gasteiger partial charge is 0.166 e. The van der Waals surface area contributed by atoms with Crippen LogP contribution in [0.4, 0.5) is 52.7 Å². The van der Waals surface area contributed by atoms with E-state index < -0.39 is 47.0 Å². The van der Waals surface area contributed by atoms with Gasteiger partial charge in [0, 0.05) is 30.6 Å². The fourth-order valence-electron chi connectivity index (χ4n) is 5.97. The van der Waals surface area contributed by atoms with Crippen molar-refractivity contribution in [2.24, 2.45) is 0 Å². The Morgan fingerprint density at radius 1 is 0.375 bits per heavy atom. The zero-order chi connectivity index (χ0) is 34.9. The van der Waals surface area contributed by atoms with Crippen molar-refractivity contribution < 1.29 is 52.7 Å². The van der Waals surface area contributed by atoms with Crippen LogP contribution in [0.3, 0.4) is 0 Å². The lowest BCUT2D eigenvalue weighted by molar-refractivity contribution is -0.144. The Labute approximate surface area is 284 Å². The van der Waals surface area contributed by atoms with Crippen molar-refractivity contribution in [2.75, 3.05) is 0 Å². The molecule has 7 rings (SSSR count). The van der Waals surface area contributed by atoms with Crippen LogP contribution in [0.2, 0.25) is 0 Å². The van der Waals surface area contributed by atoms with Crippen molar-refractivity contribution in [1.82, 2.24) is 0 Å². The Balaban J connectivity index is 1.56. The molecule has 0 bridgehead atoms. The number of hydrogen-bond donors (Lipinski definition) is 0. The molecule has 0 atom stereocenters. The second-order valence-corrected chi connectivity index (χ2v) is 15.7. The first-order chi connectivity index (χ1) is 22.1. The largest absolute Gasteiger partial charge is 0.416 e. The lowest BCUT2D eigenvalue weighted by Crippen LogP contribution is -2.13. The van der Waals surface area contributed by atoms with Crippen LogP contribution in [-0.4, -0.2) is 0 Å². The summed E-state index contributed by atoms with van der Waals surface area (Å²) in [4.78, 5) is 0. The van der Waals surface area contributed by atoms with E-state index in [1.165, 1.54) is 12.1 Å². The van der Waals surface area contributed by atoms with Gasteiger partial charge >= 0.3 is 24.7 Å². The number of fused-ring (bicyclic) bond motifs is 4. The van der Waals surface area contributed by atoms with Crippen LogP contribution in [0, 0.1) is 20.9 Å². The maximum atomic E-state index is 13.8. The average molecular weight is 846 g/mol. The lowest BCUT2D eigenvalue weighted by atomic mass is 9.91. The predicted octanol–water partition coefficient (Wildman–Crippen LogP) is 11.1. The minimum Gasteiger partial charge on any atom is -0.166 e. The topological polar surface area (TPSA) is 0 Å². The molecule has 0 fully saturated rings. The summed E-state index contributed by atoms with van der Waals surface area (Å²) in [6.45, 7) is 0. The van der Waals surface area contributed by atoms with Gasteiger partial charge in [-0.25, -0.2) is 0 Å². The standard InChI is InChI=1S/C32H10Br2F12S2/c33-23-9-21-17-8-20-18(7-19(17)25(27(21)47-23)11-1-13(29(35,36)37)5-14(2-11)30(38,39)40)22-10-24(34)48-28(22)26(20)12-3-15(31(41,42)43)6-16(4-12)32(44,45)46/h1-10H. The molecule has 2 aliphatic rings. The Morgan fingerprint density at radius 2 is 0.667 bits per heavy atom. The molecule has 16 heteroatoms. The highest BCUT2D eigenvalue weighted by Crippen LogP contribution is 2.43. The molecule has 0 aliphatic heterocycles. The van der Waals surface area contributed by atoms with E-state index in [1.54, 1.807) is 12.1 Å². The van der Waals surface area contributed by atoms with Gasteiger partial charge in [0.05, 0.1) is 29.8 Å². The zero-order valence-electron chi connectivity index (χ0n) is 22.9. The van der Waals surface area contributed by atoms with Gasteiger partial charge in [0.1, 0.15) is 0 Å². The first kappa shape index (κ1) is 33.4. The summed E-state index contributed by atoms with van der Waals surface area (Å²) in [6.07, 6.45) is -20.5. The van der Waals surface area contributed by atoms with E-state index in [-0.39, 0.29) is 45.5 Å². The molecule has 2 aliphatic carbocycles. The van der Waals surface area contributed by atoms with Gasteiger partial charge in [-0.3, -0.25) is 0 Å². The number of alkyl halides is 12. The molecule has 0 saturated carbocycles. The predicted molar refractivity (Wildman–Crippen MR) is 161 cm³/mol. The van der Waals surface area contributed by atoms with Gasteiger partial charge in [0.2, 0.25) is 0 Å². The van der Waals surface area contributed by atoms with Crippen molar-refractivity contribution in [3.63, 3.8) is 0 Å². The first-order valence-corrected chi connectivity index (χ1v) is 16.5. The van der Waals surface area contributed by atoms with Crippen LogP contribution >= 0.6 is 54.5 Å². The first-order valence-electron chi connectivity index (χ1n) is 13.2. The summed E-state index contributed by atoms with van der Waals surface area (Å²) in [5.41, 5.74) is -6.16. The molecule has 0 unspecified atom stereocenters. The highest BCUT2D eigenvalue weighted by Gasteiger charge is 2.39. The van der Waals surface area contributed by atoms with Crippen LogP contribution in [-0.2, 0) is 24.7 Å². The second kappa shape index (κ2) is 10.7. The van der Waals surface area contributed by atoms with Crippen LogP contribution < -0.4 is 9.06 Å². The Bertz CT molecular complexity index is 2290. The van der Waals surface area contributed by atoms with Gasteiger partial charge in [-0.15, -0.1) is 22.7 Å². The number of thiophene rings is 2. The molecule has 0 radical (unpaired) electrons.